The van der Waals surface area contributed by atoms with Gasteiger partial charge in [-0.3, -0.25) is 9.69 Å². The second-order valence-electron chi connectivity index (χ2n) is 5.66. The summed E-state index contributed by atoms with van der Waals surface area (Å²) in [4.78, 5) is 30.7. The third-order valence-electron chi connectivity index (χ3n) is 3.63. The number of carbonyl (C=O) groups is 2. The highest BCUT2D eigenvalue weighted by molar-refractivity contribution is 7.17. The van der Waals surface area contributed by atoms with E-state index in [0.717, 1.165) is 35.6 Å². The fraction of sp³-hybridized carbons (Fsp3) is 0.389. The first kappa shape index (κ1) is 20.9. The summed E-state index contributed by atoms with van der Waals surface area (Å²) >= 11 is 1.03. The zero-order valence-electron chi connectivity index (χ0n) is 15.1. The van der Waals surface area contributed by atoms with Crippen LogP contribution in [0.3, 0.4) is 0 Å². The molecule has 0 spiro atoms. The van der Waals surface area contributed by atoms with Gasteiger partial charge in [0.15, 0.2) is 5.13 Å². The number of aromatic nitrogens is 1. The molecule has 0 unspecified atom stereocenters. The average molecular weight is 400 g/mol. The number of amides is 1. The van der Waals surface area contributed by atoms with Crippen molar-refractivity contribution in [3.8, 4) is 0 Å². The number of halogens is 3. The number of alkyl halides is 3. The molecule has 2 aromatic rings. The maximum absolute atomic E-state index is 12.8. The molecule has 27 heavy (non-hydrogen) atoms. The molecule has 2 rings (SSSR count). The van der Waals surface area contributed by atoms with Gasteiger partial charge >= 0.3 is 12.1 Å². The quantitative estimate of drug-likeness (QED) is 0.660. The molecule has 0 aliphatic heterocycles. The van der Waals surface area contributed by atoms with E-state index in [2.05, 4.69) is 4.98 Å². The van der Waals surface area contributed by atoms with Crippen LogP contribution in [0.2, 0.25) is 0 Å². The number of esters is 1. The minimum atomic E-state index is -4.47. The fourth-order valence-corrected chi connectivity index (χ4v) is 3.33. The Kier molecular flexibility index (Phi) is 6.59. The van der Waals surface area contributed by atoms with Crippen molar-refractivity contribution in [1.29, 1.82) is 0 Å². The lowest BCUT2D eigenvalue weighted by atomic mass is 10.1. The maximum Gasteiger partial charge on any atom is 0.416 e. The van der Waals surface area contributed by atoms with E-state index >= 15 is 0 Å². The van der Waals surface area contributed by atoms with Crippen LogP contribution in [0.15, 0.2) is 24.3 Å². The van der Waals surface area contributed by atoms with E-state index in [1.54, 1.807) is 13.8 Å². The van der Waals surface area contributed by atoms with E-state index in [4.69, 9.17) is 4.74 Å². The Morgan fingerprint density at radius 2 is 1.81 bits per heavy atom. The molecule has 0 N–H and O–H groups in total. The summed E-state index contributed by atoms with van der Waals surface area (Å²) in [6.45, 7) is 5.72. The molecule has 0 radical (unpaired) electrons. The fourth-order valence-electron chi connectivity index (χ4n) is 2.35. The summed E-state index contributed by atoms with van der Waals surface area (Å²) in [6.07, 6.45) is -3.86. The zero-order chi connectivity index (χ0) is 20.2. The van der Waals surface area contributed by atoms with Crippen molar-refractivity contribution in [3.63, 3.8) is 0 Å². The topological polar surface area (TPSA) is 59.5 Å². The Labute approximate surface area is 158 Å². The standard InChI is InChI=1S/C18H19F3N2O3S/c1-4-10-23(17-22-11(3)14(27-17)16(25)26-5-2)15(24)12-6-8-13(9-7-12)18(19,20)21/h6-9H,4-5,10H2,1-3H3. The molecule has 0 atom stereocenters. The van der Waals surface area contributed by atoms with Gasteiger partial charge in [-0.1, -0.05) is 18.3 Å². The van der Waals surface area contributed by atoms with Crippen molar-refractivity contribution >= 4 is 28.3 Å². The SMILES string of the molecule is CCCN(C(=O)c1ccc(C(F)(F)F)cc1)c1nc(C)c(C(=O)OCC)s1. The second-order valence-corrected chi connectivity index (χ2v) is 6.64. The molecule has 1 amide bonds. The highest BCUT2D eigenvalue weighted by Gasteiger charge is 2.31. The molecule has 0 bridgehead atoms. The van der Waals surface area contributed by atoms with Crippen LogP contribution in [0.1, 0.15) is 51.6 Å². The van der Waals surface area contributed by atoms with Gasteiger partial charge in [-0.2, -0.15) is 13.2 Å². The minimum absolute atomic E-state index is 0.113. The van der Waals surface area contributed by atoms with E-state index in [0.29, 0.717) is 28.7 Å². The van der Waals surface area contributed by atoms with Crippen LogP contribution in [0.4, 0.5) is 18.3 Å². The Hall–Kier alpha value is -2.42. The van der Waals surface area contributed by atoms with Gasteiger partial charge in [-0.25, -0.2) is 9.78 Å². The highest BCUT2D eigenvalue weighted by Crippen LogP contribution is 2.31. The van der Waals surface area contributed by atoms with Gasteiger partial charge in [0.1, 0.15) is 4.88 Å². The van der Waals surface area contributed by atoms with Crippen LogP contribution in [0.5, 0.6) is 0 Å². The van der Waals surface area contributed by atoms with E-state index in [1.165, 1.54) is 4.90 Å². The molecule has 1 heterocycles. The molecule has 0 fully saturated rings. The number of nitrogens with zero attached hydrogens (tertiary/aromatic N) is 2. The predicted octanol–water partition coefficient (Wildman–Crippen LogP) is 4.70. The first-order chi connectivity index (χ1) is 12.7. The monoisotopic (exact) mass is 400 g/mol. The molecule has 0 saturated heterocycles. The Morgan fingerprint density at radius 3 is 2.33 bits per heavy atom. The Balaban J connectivity index is 2.33. The zero-order valence-corrected chi connectivity index (χ0v) is 15.9. The number of rotatable bonds is 6. The van der Waals surface area contributed by atoms with Crippen LogP contribution in [-0.2, 0) is 10.9 Å². The van der Waals surface area contributed by atoms with Gasteiger partial charge in [-0.05, 0) is 44.5 Å². The van der Waals surface area contributed by atoms with Crippen molar-refractivity contribution < 1.29 is 27.5 Å². The number of thiazole rings is 1. The highest BCUT2D eigenvalue weighted by atomic mass is 32.1. The van der Waals surface area contributed by atoms with Crippen LogP contribution in [-0.4, -0.2) is 30.0 Å². The van der Waals surface area contributed by atoms with Crippen molar-refractivity contribution in [2.24, 2.45) is 0 Å². The number of benzene rings is 1. The van der Waals surface area contributed by atoms with Gasteiger partial charge in [0, 0.05) is 12.1 Å². The number of carbonyl (C=O) groups excluding carboxylic acids is 2. The molecule has 0 saturated carbocycles. The number of aryl methyl sites for hydroxylation is 1. The molecular weight excluding hydrogens is 381 g/mol. The molecule has 146 valence electrons. The summed E-state index contributed by atoms with van der Waals surface area (Å²) in [7, 11) is 0. The summed E-state index contributed by atoms with van der Waals surface area (Å²) in [5, 5.41) is 0.308. The van der Waals surface area contributed by atoms with Gasteiger partial charge in [-0.15, -0.1) is 0 Å². The van der Waals surface area contributed by atoms with Gasteiger partial charge < -0.3 is 4.74 Å². The smallest absolute Gasteiger partial charge is 0.416 e. The lowest BCUT2D eigenvalue weighted by molar-refractivity contribution is -0.137. The number of anilines is 1. The van der Waals surface area contributed by atoms with Crippen LogP contribution in [0.25, 0.3) is 0 Å². The van der Waals surface area contributed by atoms with Crippen molar-refractivity contribution in [3.05, 3.63) is 46.0 Å². The Morgan fingerprint density at radius 1 is 1.19 bits per heavy atom. The molecule has 5 nitrogen and oxygen atoms in total. The van der Waals surface area contributed by atoms with Crippen LogP contribution < -0.4 is 4.90 Å². The molecule has 0 aliphatic rings. The van der Waals surface area contributed by atoms with E-state index in [9.17, 15) is 22.8 Å². The summed E-state index contributed by atoms with van der Waals surface area (Å²) in [5.41, 5.74) is -0.271. The molecule has 1 aromatic heterocycles. The lowest BCUT2D eigenvalue weighted by Gasteiger charge is -2.19. The normalized spacial score (nSPS) is 11.3. The third-order valence-corrected chi connectivity index (χ3v) is 4.79. The number of hydrogen-bond acceptors (Lipinski definition) is 5. The summed E-state index contributed by atoms with van der Waals surface area (Å²) < 4.78 is 43.1. The first-order valence-corrected chi connectivity index (χ1v) is 9.14. The predicted molar refractivity (Wildman–Crippen MR) is 96.2 cm³/mol. The third kappa shape index (κ3) is 4.85. The second kappa shape index (κ2) is 8.51. The first-order valence-electron chi connectivity index (χ1n) is 8.32. The van der Waals surface area contributed by atoms with E-state index in [1.807, 2.05) is 6.92 Å². The minimum Gasteiger partial charge on any atom is -0.462 e. The van der Waals surface area contributed by atoms with E-state index < -0.39 is 23.6 Å². The summed E-state index contributed by atoms with van der Waals surface area (Å²) in [6, 6.07) is 4.02. The van der Waals surface area contributed by atoms with Crippen molar-refractivity contribution in [2.75, 3.05) is 18.1 Å². The van der Waals surface area contributed by atoms with E-state index in [-0.39, 0.29) is 12.2 Å². The summed E-state index contributed by atoms with van der Waals surface area (Å²) in [5.74, 6) is -0.994. The Bertz CT molecular complexity index is 816. The molecular formula is C18H19F3N2O3S. The van der Waals surface area contributed by atoms with Gasteiger partial charge in [0.2, 0.25) is 0 Å². The number of ether oxygens (including phenoxy) is 1. The van der Waals surface area contributed by atoms with Gasteiger partial charge in [0.05, 0.1) is 17.9 Å². The molecule has 9 heteroatoms. The molecule has 0 aliphatic carbocycles. The van der Waals surface area contributed by atoms with Gasteiger partial charge in [0.25, 0.3) is 5.91 Å². The van der Waals surface area contributed by atoms with Crippen LogP contribution in [0, 0.1) is 6.92 Å². The maximum atomic E-state index is 12.8. The average Bonchev–Trinajstić information content (AvgIpc) is 3.00. The molecule has 1 aromatic carbocycles. The van der Waals surface area contributed by atoms with Crippen molar-refractivity contribution in [2.45, 2.75) is 33.4 Å². The largest absolute Gasteiger partial charge is 0.462 e. The van der Waals surface area contributed by atoms with Crippen molar-refractivity contribution in [1.82, 2.24) is 4.98 Å². The number of hydrogen-bond donors (Lipinski definition) is 0. The van der Waals surface area contributed by atoms with Crippen LogP contribution >= 0.6 is 11.3 Å². The lowest BCUT2D eigenvalue weighted by Crippen LogP contribution is -2.31.